The number of ketones is 1. The molecule has 1 amide bonds. The molecular weight excluding hydrogens is 344 g/mol. The van der Waals surface area contributed by atoms with Crippen LogP contribution in [0.2, 0.25) is 0 Å². The van der Waals surface area contributed by atoms with Crippen molar-refractivity contribution >= 4 is 29.1 Å². The lowest BCUT2D eigenvalue weighted by atomic mass is 9.82. The predicted molar refractivity (Wildman–Crippen MR) is 105 cm³/mol. The van der Waals surface area contributed by atoms with Crippen LogP contribution >= 0.6 is 11.8 Å². The van der Waals surface area contributed by atoms with E-state index in [4.69, 9.17) is 0 Å². The van der Waals surface area contributed by atoms with Crippen molar-refractivity contribution in [3.8, 4) is 0 Å². The van der Waals surface area contributed by atoms with Gasteiger partial charge in [0, 0.05) is 11.8 Å². The van der Waals surface area contributed by atoms with Gasteiger partial charge in [0.2, 0.25) is 5.91 Å². The molecule has 1 fully saturated rings. The number of nitrogens with one attached hydrogen (secondary N) is 1. The average Bonchev–Trinajstić information content (AvgIpc) is 2.69. The molecule has 1 unspecified atom stereocenters. The number of nitrogens with zero attached hydrogens (tertiary/aromatic N) is 1. The largest absolute Gasteiger partial charge is 0.323 e. The molecule has 2 aromatic rings. The van der Waals surface area contributed by atoms with Gasteiger partial charge in [-0.25, -0.2) is 0 Å². The minimum Gasteiger partial charge on any atom is -0.323 e. The minimum atomic E-state index is -0.358. The molecule has 1 aliphatic carbocycles. The van der Waals surface area contributed by atoms with Crippen molar-refractivity contribution < 1.29 is 9.59 Å². The van der Waals surface area contributed by atoms with Crippen LogP contribution in [0.4, 0.5) is 5.69 Å². The lowest BCUT2D eigenvalue weighted by Crippen LogP contribution is -2.26. The maximum absolute atomic E-state index is 12.8. The molecule has 134 valence electrons. The van der Waals surface area contributed by atoms with Crippen LogP contribution in [0.25, 0.3) is 0 Å². The quantitative estimate of drug-likeness (QED) is 0.852. The summed E-state index contributed by atoms with van der Waals surface area (Å²) in [4.78, 5) is 29.3. The lowest BCUT2D eigenvalue weighted by Gasteiger charge is -2.27. The summed E-state index contributed by atoms with van der Waals surface area (Å²) in [7, 11) is 0. The van der Waals surface area contributed by atoms with Gasteiger partial charge in [-0.3, -0.25) is 14.6 Å². The molecule has 1 aromatic carbocycles. The Balaban J connectivity index is 1.59. The summed E-state index contributed by atoms with van der Waals surface area (Å²) >= 11 is 1.40. The SMILES string of the molecule is O=C1CSC(C(=O)Nc2cccnc2)c2ccc(C3CCCCC3)cc21. The van der Waals surface area contributed by atoms with Crippen molar-refractivity contribution in [2.75, 3.05) is 11.1 Å². The van der Waals surface area contributed by atoms with Gasteiger partial charge >= 0.3 is 0 Å². The van der Waals surface area contributed by atoms with Gasteiger partial charge in [0.15, 0.2) is 5.78 Å². The molecule has 0 bridgehead atoms. The van der Waals surface area contributed by atoms with Crippen molar-refractivity contribution in [3.05, 3.63) is 59.4 Å². The molecule has 2 aliphatic rings. The Hall–Kier alpha value is -2.14. The number of pyridine rings is 1. The number of thioether (sulfide) groups is 1. The molecule has 2 heterocycles. The van der Waals surface area contributed by atoms with Crippen LogP contribution in [0, 0.1) is 0 Å². The van der Waals surface area contributed by atoms with E-state index in [1.54, 1.807) is 18.5 Å². The van der Waals surface area contributed by atoms with Crippen LogP contribution in [0.1, 0.15) is 64.8 Å². The Bertz CT molecular complexity index is 816. The fourth-order valence-corrected chi connectivity index (χ4v) is 4.99. The molecule has 1 atom stereocenters. The first kappa shape index (κ1) is 17.3. The molecule has 26 heavy (non-hydrogen) atoms. The second-order valence-electron chi connectivity index (χ2n) is 7.03. The molecule has 1 aliphatic heterocycles. The molecule has 5 heteroatoms. The minimum absolute atomic E-state index is 0.0952. The van der Waals surface area contributed by atoms with E-state index in [2.05, 4.69) is 22.4 Å². The number of anilines is 1. The Morgan fingerprint density at radius 2 is 2.00 bits per heavy atom. The van der Waals surface area contributed by atoms with Gasteiger partial charge in [0.05, 0.1) is 17.6 Å². The number of amides is 1. The third kappa shape index (κ3) is 3.54. The number of aromatic nitrogens is 1. The third-order valence-electron chi connectivity index (χ3n) is 5.29. The van der Waals surface area contributed by atoms with Crippen molar-refractivity contribution in [1.29, 1.82) is 0 Å². The van der Waals surface area contributed by atoms with Crippen LogP contribution in [0.5, 0.6) is 0 Å². The van der Waals surface area contributed by atoms with E-state index in [0.717, 1.165) is 11.1 Å². The molecule has 0 spiro atoms. The number of rotatable bonds is 3. The molecule has 0 saturated heterocycles. The average molecular weight is 366 g/mol. The smallest absolute Gasteiger partial charge is 0.242 e. The summed E-state index contributed by atoms with van der Waals surface area (Å²) in [6, 6.07) is 9.78. The Labute approximate surface area is 157 Å². The summed E-state index contributed by atoms with van der Waals surface area (Å²) in [6.45, 7) is 0. The maximum Gasteiger partial charge on any atom is 0.242 e. The first-order valence-corrected chi connectivity index (χ1v) is 10.3. The summed E-state index contributed by atoms with van der Waals surface area (Å²) in [6.07, 6.45) is 9.55. The highest BCUT2D eigenvalue weighted by molar-refractivity contribution is 8.01. The lowest BCUT2D eigenvalue weighted by molar-refractivity contribution is -0.115. The van der Waals surface area contributed by atoms with Gasteiger partial charge in [-0.1, -0.05) is 31.4 Å². The summed E-state index contributed by atoms with van der Waals surface area (Å²) < 4.78 is 0. The van der Waals surface area contributed by atoms with E-state index in [9.17, 15) is 9.59 Å². The maximum atomic E-state index is 12.8. The van der Waals surface area contributed by atoms with Crippen molar-refractivity contribution in [2.24, 2.45) is 0 Å². The molecule has 1 saturated carbocycles. The zero-order chi connectivity index (χ0) is 17.9. The highest BCUT2D eigenvalue weighted by Gasteiger charge is 2.32. The Kier molecular flexibility index (Phi) is 5.07. The van der Waals surface area contributed by atoms with Crippen molar-refractivity contribution in [2.45, 2.75) is 43.3 Å². The first-order chi connectivity index (χ1) is 12.7. The van der Waals surface area contributed by atoms with Crippen LogP contribution in [0.3, 0.4) is 0 Å². The second kappa shape index (κ2) is 7.62. The highest BCUT2D eigenvalue weighted by atomic mass is 32.2. The van der Waals surface area contributed by atoms with E-state index >= 15 is 0 Å². The van der Waals surface area contributed by atoms with Gasteiger partial charge in [-0.2, -0.15) is 0 Å². The van der Waals surface area contributed by atoms with E-state index in [1.807, 2.05) is 12.1 Å². The summed E-state index contributed by atoms with van der Waals surface area (Å²) in [5, 5.41) is 2.55. The van der Waals surface area contributed by atoms with Gasteiger partial charge < -0.3 is 5.32 Å². The fraction of sp³-hybridized carbons (Fsp3) is 0.381. The van der Waals surface area contributed by atoms with Gasteiger partial charge in [-0.15, -0.1) is 11.8 Å². The fourth-order valence-electron chi connectivity index (χ4n) is 3.92. The Morgan fingerprint density at radius 3 is 2.77 bits per heavy atom. The Morgan fingerprint density at radius 1 is 1.15 bits per heavy atom. The predicted octanol–water partition coefficient (Wildman–Crippen LogP) is 4.74. The van der Waals surface area contributed by atoms with Crippen LogP contribution in [-0.4, -0.2) is 22.4 Å². The van der Waals surface area contributed by atoms with Crippen LogP contribution in [-0.2, 0) is 4.79 Å². The van der Waals surface area contributed by atoms with Crippen molar-refractivity contribution in [1.82, 2.24) is 4.98 Å². The van der Waals surface area contributed by atoms with Gasteiger partial charge in [-0.05, 0) is 48.1 Å². The number of hydrogen-bond donors (Lipinski definition) is 1. The van der Waals surface area contributed by atoms with E-state index in [-0.39, 0.29) is 16.9 Å². The van der Waals surface area contributed by atoms with E-state index in [1.165, 1.54) is 49.4 Å². The highest BCUT2D eigenvalue weighted by Crippen LogP contribution is 2.40. The van der Waals surface area contributed by atoms with Crippen LogP contribution in [0.15, 0.2) is 42.7 Å². The topological polar surface area (TPSA) is 59.1 Å². The molecule has 4 rings (SSSR count). The zero-order valence-electron chi connectivity index (χ0n) is 14.6. The van der Waals surface area contributed by atoms with Gasteiger partial charge in [0.25, 0.3) is 0 Å². The summed E-state index contributed by atoms with van der Waals surface area (Å²) in [5.74, 6) is 0.945. The number of benzene rings is 1. The molecule has 0 radical (unpaired) electrons. The van der Waals surface area contributed by atoms with E-state index in [0.29, 0.717) is 17.4 Å². The van der Waals surface area contributed by atoms with Crippen LogP contribution < -0.4 is 5.32 Å². The number of carbonyl (C=O) groups is 2. The molecule has 4 nitrogen and oxygen atoms in total. The summed E-state index contributed by atoms with van der Waals surface area (Å²) in [5.41, 5.74) is 3.51. The molecular formula is C21H22N2O2S. The standard InChI is InChI=1S/C21H22N2O2S/c24-19-13-26-20(21(25)23-16-7-4-10-22-12-16)17-9-8-15(11-18(17)19)14-5-2-1-3-6-14/h4,7-12,14,20H,1-3,5-6,13H2,(H,23,25). The normalized spacial score (nSPS) is 20.5. The number of Topliss-reactive ketones (excluding diaryl/α,β-unsaturated/α-hetero) is 1. The van der Waals surface area contributed by atoms with E-state index < -0.39 is 0 Å². The first-order valence-electron chi connectivity index (χ1n) is 9.22. The molecule has 1 N–H and O–H groups in total. The number of carbonyl (C=O) groups excluding carboxylic acids is 2. The zero-order valence-corrected chi connectivity index (χ0v) is 15.4. The van der Waals surface area contributed by atoms with Gasteiger partial charge in [0.1, 0.15) is 5.25 Å². The monoisotopic (exact) mass is 366 g/mol. The van der Waals surface area contributed by atoms with Crippen molar-refractivity contribution in [3.63, 3.8) is 0 Å². The third-order valence-corrected chi connectivity index (χ3v) is 6.52. The second-order valence-corrected chi connectivity index (χ2v) is 8.12. The number of hydrogen-bond acceptors (Lipinski definition) is 4. The number of fused-ring (bicyclic) bond motifs is 1. The molecule has 1 aromatic heterocycles.